The summed E-state index contributed by atoms with van der Waals surface area (Å²) in [6.45, 7) is 8.01. The van der Waals surface area contributed by atoms with Crippen LogP contribution < -0.4 is 10.6 Å². The maximum absolute atomic E-state index is 12.9. The molecule has 1 heterocycles. The molecule has 0 radical (unpaired) electrons. The molecule has 176 valence electrons. The van der Waals surface area contributed by atoms with Gasteiger partial charge in [0.2, 0.25) is 8.32 Å². The summed E-state index contributed by atoms with van der Waals surface area (Å²) in [5.41, 5.74) is 4.70. The third kappa shape index (κ3) is 5.84. The minimum atomic E-state index is -2.07. The maximum Gasteiger partial charge on any atom is 0.407 e. The SMILES string of the molecule is C[Si](C)(C)OC(=O)[C@H](CC1CCNCC1)NC(=O)OCC1c2ccccc2-c2ccccc21. The van der Waals surface area contributed by atoms with Crippen molar-refractivity contribution in [3.63, 3.8) is 0 Å². The Kier molecular flexibility index (Phi) is 7.19. The lowest BCUT2D eigenvalue weighted by atomic mass is 9.91. The van der Waals surface area contributed by atoms with Gasteiger partial charge in [-0.1, -0.05) is 48.5 Å². The summed E-state index contributed by atoms with van der Waals surface area (Å²) in [5.74, 6) is 0.0143. The van der Waals surface area contributed by atoms with Crippen molar-refractivity contribution in [1.29, 1.82) is 0 Å². The molecule has 4 rings (SSSR count). The monoisotopic (exact) mass is 466 g/mol. The summed E-state index contributed by atoms with van der Waals surface area (Å²) < 4.78 is 11.4. The standard InChI is InChI=1S/C26H34N2O4Si/c1-33(2,3)32-25(29)24(16-18-12-14-27-15-13-18)28-26(30)31-17-23-21-10-6-4-8-19(21)20-9-5-7-11-22(20)23/h4-11,18,23-24,27H,12-17H2,1-3H3,(H,28,30)/t24-/m0/s1. The van der Waals surface area contributed by atoms with E-state index < -0.39 is 20.5 Å². The molecule has 6 nitrogen and oxygen atoms in total. The van der Waals surface area contributed by atoms with Gasteiger partial charge in [0.1, 0.15) is 12.6 Å². The predicted molar refractivity (Wildman–Crippen MR) is 132 cm³/mol. The molecule has 2 aliphatic rings. The Morgan fingerprint density at radius 1 is 1.00 bits per heavy atom. The van der Waals surface area contributed by atoms with Gasteiger partial charge in [-0.05, 0) is 80.2 Å². The second-order valence-electron chi connectivity index (χ2n) is 9.99. The van der Waals surface area contributed by atoms with Gasteiger partial charge in [-0.15, -0.1) is 0 Å². The number of carbonyl (C=O) groups is 2. The average Bonchev–Trinajstić information content (AvgIpc) is 3.11. The highest BCUT2D eigenvalue weighted by Crippen LogP contribution is 2.44. The highest BCUT2D eigenvalue weighted by atomic mass is 28.4. The molecule has 0 saturated carbocycles. The van der Waals surface area contributed by atoms with E-state index in [4.69, 9.17) is 9.16 Å². The van der Waals surface area contributed by atoms with Crippen LogP contribution in [0, 0.1) is 5.92 Å². The van der Waals surface area contributed by atoms with E-state index in [1.54, 1.807) is 0 Å². The number of benzene rings is 2. The van der Waals surface area contributed by atoms with Gasteiger partial charge in [0, 0.05) is 5.92 Å². The number of piperidine rings is 1. The summed E-state index contributed by atoms with van der Waals surface area (Å²) in [6, 6.07) is 15.8. The van der Waals surface area contributed by atoms with Crippen LogP contribution in [-0.4, -0.2) is 46.1 Å². The zero-order chi connectivity index (χ0) is 23.4. The van der Waals surface area contributed by atoms with Crippen molar-refractivity contribution in [3.8, 4) is 11.1 Å². The van der Waals surface area contributed by atoms with E-state index in [2.05, 4.69) is 34.9 Å². The smallest absolute Gasteiger partial charge is 0.407 e. The lowest BCUT2D eigenvalue weighted by Crippen LogP contribution is -2.47. The molecule has 0 unspecified atom stereocenters. The van der Waals surface area contributed by atoms with Gasteiger partial charge in [-0.2, -0.15) is 0 Å². The molecule has 0 bridgehead atoms. The number of carbonyl (C=O) groups excluding carboxylic acids is 2. The highest BCUT2D eigenvalue weighted by Gasteiger charge is 2.32. The Bertz CT molecular complexity index is 952. The fraction of sp³-hybridized carbons (Fsp3) is 0.462. The largest absolute Gasteiger partial charge is 0.518 e. The van der Waals surface area contributed by atoms with Crippen molar-refractivity contribution in [3.05, 3.63) is 59.7 Å². The molecule has 1 saturated heterocycles. The van der Waals surface area contributed by atoms with E-state index in [1.807, 2.05) is 43.9 Å². The van der Waals surface area contributed by atoms with Gasteiger partial charge in [0.05, 0.1) is 0 Å². The lowest BCUT2D eigenvalue weighted by molar-refractivity contribution is -0.138. The van der Waals surface area contributed by atoms with Crippen LogP contribution in [0.25, 0.3) is 11.1 Å². The molecule has 0 spiro atoms. The number of rotatable bonds is 7. The summed E-state index contributed by atoms with van der Waals surface area (Å²) in [7, 11) is -2.07. The number of nitrogens with one attached hydrogen (secondary N) is 2. The fourth-order valence-electron chi connectivity index (χ4n) is 4.82. The Labute approximate surface area is 197 Å². The third-order valence-electron chi connectivity index (χ3n) is 6.35. The van der Waals surface area contributed by atoms with Gasteiger partial charge in [0.15, 0.2) is 0 Å². The first-order valence-corrected chi connectivity index (χ1v) is 15.3. The predicted octanol–water partition coefficient (Wildman–Crippen LogP) is 4.66. The Morgan fingerprint density at radius 2 is 1.58 bits per heavy atom. The first-order chi connectivity index (χ1) is 15.8. The number of hydrogen-bond acceptors (Lipinski definition) is 5. The van der Waals surface area contributed by atoms with Crippen LogP contribution in [0.1, 0.15) is 36.3 Å². The number of fused-ring (bicyclic) bond motifs is 3. The van der Waals surface area contributed by atoms with Crippen LogP contribution in [0.15, 0.2) is 48.5 Å². The van der Waals surface area contributed by atoms with Crippen LogP contribution in [0.3, 0.4) is 0 Å². The van der Waals surface area contributed by atoms with Crippen molar-refractivity contribution in [2.45, 2.75) is 50.9 Å². The second-order valence-corrected chi connectivity index (χ2v) is 14.4. The first kappa shape index (κ1) is 23.5. The molecule has 2 N–H and O–H groups in total. The molecule has 2 aromatic rings. The first-order valence-electron chi connectivity index (χ1n) is 11.9. The number of amides is 1. The van der Waals surface area contributed by atoms with Gasteiger partial charge < -0.3 is 19.8 Å². The topological polar surface area (TPSA) is 76.7 Å². The number of hydrogen-bond donors (Lipinski definition) is 2. The molecular weight excluding hydrogens is 432 g/mol. The van der Waals surface area contributed by atoms with Crippen molar-refractivity contribution in [2.75, 3.05) is 19.7 Å². The van der Waals surface area contributed by atoms with Crippen LogP contribution in [0.4, 0.5) is 4.79 Å². The van der Waals surface area contributed by atoms with Crippen molar-refractivity contribution < 1.29 is 18.8 Å². The molecule has 0 aromatic heterocycles. The van der Waals surface area contributed by atoms with Crippen LogP contribution in [-0.2, 0) is 14.0 Å². The van der Waals surface area contributed by atoms with Gasteiger partial charge in [-0.3, -0.25) is 4.79 Å². The summed E-state index contributed by atoms with van der Waals surface area (Å²) >= 11 is 0. The van der Waals surface area contributed by atoms with E-state index >= 15 is 0 Å². The van der Waals surface area contributed by atoms with Gasteiger partial charge in [-0.25, -0.2) is 4.79 Å². The minimum absolute atomic E-state index is 0.0139. The van der Waals surface area contributed by atoms with Crippen LogP contribution >= 0.6 is 0 Å². The molecule has 1 aliphatic heterocycles. The highest BCUT2D eigenvalue weighted by molar-refractivity contribution is 6.71. The molecule has 1 atom stereocenters. The van der Waals surface area contributed by atoms with Crippen LogP contribution in [0.2, 0.25) is 19.6 Å². The number of ether oxygens (including phenoxy) is 1. The van der Waals surface area contributed by atoms with E-state index in [0.29, 0.717) is 12.3 Å². The summed E-state index contributed by atoms with van der Waals surface area (Å²) in [5, 5.41) is 6.17. The van der Waals surface area contributed by atoms with Crippen molar-refractivity contribution in [2.24, 2.45) is 5.92 Å². The molecule has 1 aliphatic carbocycles. The maximum atomic E-state index is 12.9. The normalized spacial score (nSPS) is 17.1. The zero-order valence-electron chi connectivity index (χ0n) is 19.7. The molecular formula is C26H34N2O4Si. The minimum Gasteiger partial charge on any atom is -0.518 e. The van der Waals surface area contributed by atoms with Crippen LogP contribution in [0.5, 0.6) is 0 Å². The molecule has 1 fully saturated rings. The molecule has 33 heavy (non-hydrogen) atoms. The van der Waals surface area contributed by atoms with E-state index in [9.17, 15) is 9.59 Å². The fourth-order valence-corrected chi connectivity index (χ4v) is 5.57. The summed E-state index contributed by atoms with van der Waals surface area (Å²) in [4.78, 5) is 25.7. The van der Waals surface area contributed by atoms with E-state index in [1.165, 1.54) is 11.1 Å². The average molecular weight is 467 g/mol. The number of alkyl carbamates (subject to hydrolysis) is 1. The van der Waals surface area contributed by atoms with E-state index in [-0.39, 0.29) is 18.5 Å². The Hall–Kier alpha value is -2.64. The Balaban J connectivity index is 1.42. The lowest BCUT2D eigenvalue weighted by Gasteiger charge is -2.28. The van der Waals surface area contributed by atoms with Gasteiger partial charge >= 0.3 is 12.1 Å². The second kappa shape index (κ2) is 10.1. The molecule has 2 aromatic carbocycles. The molecule has 7 heteroatoms. The summed E-state index contributed by atoms with van der Waals surface area (Å²) in [6.07, 6.45) is 1.99. The Morgan fingerprint density at radius 3 is 2.15 bits per heavy atom. The third-order valence-corrected chi connectivity index (χ3v) is 7.17. The quantitative estimate of drug-likeness (QED) is 0.581. The van der Waals surface area contributed by atoms with Gasteiger partial charge in [0.25, 0.3) is 0 Å². The molecule has 1 amide bonds. The van der Waals surface area contributed by atoms with E-state index in [0.717, 1.165) is 37.1 Å². The van der Waals surface area contributed by atoms with Crippen molar-refractivity contribution >= 4 is 20.4 Å². The zero-order valence-corrected chi connectivity index (χ0v) is 20.7. The van der Waals surface area contributed by atoms with Crippen molar-refractivity contribution in [1.82, 2.24) is 10.6 Å².